The van der Waals surface area contributed by atoms with Crippen molar-refractivity contribution < 1.29 is 30.6 Å². The van der Waals surface area contributed by atoms with E-state index in [1.54, 1.807) is 30.5 Å². The molecule has 12 rings (SSSR count). The summed E-state index contributed by atoms with van der Waals surface area (Å²) in [5.74, 6) is 0. The summed E-state index contributed by atoms with van der Waals surface area (Å²) >= 11 is 0. The number of hydrogen-bond donors (Lipinski definition) is 0. The Kier molecular flexibility index (Phi) is 16.1. The molecule has 0 N–H and O–H groups in total. The summed E-state index contributed by atoms with van der Waals surface area (Å²) in [4.78, 5) is 0. The highest BCUT2D eigenvalue weighted by molar-refractivity contribution is 5.74. The van der Waals surface area contributed by atoms with Gasteiger partial charge in [-0.05, 0) is 160 Å². The molecule has 0 atom stereocenters. The molecular formula is C82H84N4+4. The minimum atomic E-state index is -2.28. The molecule has 4 heteroatoms. The molecule has 0 radical (unpaired) electrons. The predicted molar refractivity (Wildman–Crippen MR) is 361 cm³/mol. The molecule has 0 saturated carbocycles. The quantitative estimate of drug-likeness (QED) is 0.135. The van der Waals surface area contributed by atoms with E-state index < -0.39 is 20.6 Å². The average Bonchev–Trinajstić information content (AvgIpc) is 0.792. The van der Waals surface area contributed by atoms with Gasteiger partial charge in [-0.15, -0.1) is 0 Å². The van der Waals surface area contributed by atoms with Gasteiger partial charge in [0.15, 0.2) is 24.8 Å². The normalized spacial score (nSPS) is 12.7. The van der Waals surface area contributed by atoms with Gasteiger partial charge in [0.2, 0.25) is 22.8 Å². The molecule has 4 nitrogen and oxygen atoms in total. The standard InChI is InChI=1S/2C21H22N.2C20H20N/c2*1-15-10-11-19(16(2)12-15)21-13-17(3)20(14-22(21)4)18-8-6-5-7-9-18;1-15-9-7-8-12-18(15)20-13-19(16(2)14-21(20)3)17-10-5-4-6-11-17;1-15-9-7-8-12-18(15)20-13-16(2)19(14-21(20)3)17-10-5-4-6-11-17/h2*5-14H,1-4H3;2*4-14H,1-3H3/q4*+1/i1D3,3D3;;2D3;. The second kappa shape index (κ2) is 27.8. The van der Waals surface area contributed by atoms with Gasteiger partial charge in [-0.2, -0.15) is 0 Å². The fraction of sp³-hybridized carbons (Fsp3) is 0.171. The third kappa shape index (κ3) is 14.5. The number of aryl methyl sites for hydroxylation is 14. The molecule has 4 heterocycles. The molecule has 0 saturated heterocycles. The van der Waals surface area contributed by atoms with Gasteiger partial charge >= 0.3 is 0 Å². The Morgan fingerprint density at radius 3 is 0.907 bits per heavy atom. The van der Waals surface area contributed by atoms with Crippen molar-refractivity contribution in [3.63, 3.8) is 0 Å². The van der Waals surface area contributed by atoms with Gasteiger partial charge in [0.25, 0.3) is 0 Å². The molecule has 0 aliphatic rings. The smallest absolute Gasteiger partial charge is 0.201 e. The summed E-state index contributed by atoms with van der Waals surface area (Å²) in [6.07, 6.45) is 8.02. The molecule has 0 amide bonds. The van der Waals surface area contributed by atoms with Crippen molar-refractivity contribution in [3.8, 4) is 89.5 Å². The number of aromatic nitrogens is 4. The van der Waals surface area contributed by atoms with Gasteiger partial charge in [0, 0.05) is 81.1 Å². The molecule has 8 aromatic carbocycles. The largest absolute Gasteiger partial charge is 0.213 e. The second-order valence-corrected chi connectivity index (χ2v) is 22.4. The number of hydrogen-bond acceptors (Lipinski definition) is 0. The van der Waals surface area contributed by atoms with Gasteiger partial charge in [-0.1, -0.05) is 193 Å². The number of nitrogens with zero attached hydrogens (tertiary/aromatic N) is 4. The maximum Gasteiger partial charge on any atom is 0.213 e. The molecule has 0 aliphatic heterocycles. The molecule has 0 bridgehead atoms. The minimum absolute atomic E-state index is 0.270. The van der Waals surface area contributed by atoms with Crippen molar-refractivity contribution in [3.05, 3.63) is 311 Å². The molecular weight excluding hydrogens is 1040 g/mol. The second-order valence-electron chi connectivity index (χ2n) is 22.4. The molecule has 4 aromatic heterocycles. The lowest BCUT2D eigenvalue weighted by atomic mass is 9.97. The third-order valence-corrected chi connectivity index (χ3v) is 15.9. The minimum Gasteiger partial charge on any atom is -0.201 e. The van der Waals surface area contributed by atoms with Crippen molar-refractivity contribution in [2.24, 2.45) is 28.2 Å². The highest BCUT2D eigenvalue weighted by Crippen LogP contribution is 2.32. The van der Waals surface area contributed by atoms with E-state index in [-0.39, 0.29) is 11.1 Å². The monoisotopic (exact) mass is 1130 g/mol. The fourth-order valence-electron chi connectivity index (χ4n) is 11.2. The summed E-state index contributed by atoms with van der Waals surface area (Å²) in [5, 5.41) is 0. The van der Waals surface area contributed by atoms with E-state index in [1.807, 2.05) is 115 Å². The zero-order valence-electron chi connectivity index (χ0n) is 60.5. The van der Waals surface area contributed by atoms with Crippen molar-refractivity contribution in [2.75, 3.05) is 0 Å². The van der Waals surface area contributed by atoms with Crippen LogP contribution in [0.3, 0.4) is 0 Å². The molecule has 0 unspecified atom stereocenters. The predicted octanol–water partition coefficient (Wildman–Crippen LogP) is 18.5. The highest BCUT2D eigenvalue weighted by atomic mass is 14.9. The summed E-state index contributed by atoms with van der Waals surface area (Å²) in [7, 11) is 8.00. The summed E-state index contributed by atoms with van der Waals surface area (Å²) < 4.78 is 78.7. The first-order chi connectivity index (χ1) is 45.1. The lowest BCUT2D eigenvalue weighted by Gasteiger charge is -2.10. The van der Waals surface area contributed by atoms with Crippen LogP contribution in [0.2, 0.25) is 0 Å². The van der Waals surface area contributed by atoms with Crippen LogP contribution in [-0.2, 0) is 28.2 Å². The summed E-state index contributed by atoms with van der Waals surface area (Å²) in [5.41, 5.74) is 26.4. The van der Waals surface area contributed by atoms with E-state index in [2.05, 4.69) is 205 Å². The zero-order chi connectivity index (χ0) is 68.5. The van der Waals surface area contributed by atoms with Gasteiger partial charge in [0.1, 0.15) is 28.2 Å². The van der Waals surface area contributed by atoms with E-state index in [0.717, 1.165) is 50.3 Å². The topological polar surface area (TPSA) is 15.5 Å². The Hall–Kier alpha value is -9.64. The lowest BCUT2D eigenvalue weighted by molar-refractivity contribution is -0.660. The SMILES string of the molecule is Cc1cc(-c2ccccc2C)[n+](C)cc1-c1ccccc1.Cc1ccc(-c2cc(C)c(-c3ccccc3)c[n+]2C)c(C)c1.[2H]C([2H])([2H])c1c[n+](C)c(-c2ccccc2C)cc1-c1ccccc1.[2H]C([2H])([2H])c1ccc(-c2cc(C([2H])([2H])[2H])c(-c3ccccc3)c[n+]2C)c(C)c1. The number of rotatable bonds is 8. The van der Waals surface area contributed by atoms with Crippen LogP contribution in [0.4, 0.5) is 0 Å². The number of benzene rings is 8. The molecule has 0 spiro atoms. The van der Waals surface area contributed by atoms with Crippen LogP contribution in [0.1, 0.15) is 68.0 Å². The first-order valence-electron chi connectivity index (χ1n) is 33.7. The average molecular weight is 1130 g/mol. The summed E-state index contributed by atoms with van der Waals surface area (Å²) in [6.45, 7) is 8.15. The Morgan fingerprint density at radius 2 is 0.523 bits per heavy atom. The Morgan fingerprint density at radius 1 is 0.221 bits per heavy atom. The van der Waals surface area contributed by atoms with Crippen LogP contribution in [0.15, 0.2) is 255 Å². The molecule has 0 aliphatic carbocycles. The van der Waals surface area contributed by atoms with Gasteiger partial charge in [-0.25, -0.2) is 18.3 Å². The van der Waals surface area contributed by atoms with Crippen molar-refractivity contribution >= 4 is 0 Å². The third-order valence-electron chi connectivity index (χ3n) is 15.9. The zero-order valence-corrected chi connectivity index (χ0v) is 51.5. The first-order valence-corrected chi connectivity index (χ1v) is 29.2. The van der Waals surface area contributed by atoms with E-state index in [0.29, 0.717) is 11.1 Å². The van der Waals surface area contributed by atoms with E-state index in [1.165, 1.54) is 72.6 Å². The molecule has 86 heavy (non-hydrogen) atoms. The van der Waals surface area contributed by atoms with Crippen LogP contribution in [0, 0.1) is 69.0 Å². The van der Waals surface area contributed by atoms with Gasteiger partial charge < -0.3 is 0 Å². The Balaban J connectivity index is 0.000000150. The maximum absolute atomic E-state index is 8.01. The first kappa shape index (κ1) is 49.8. The Labute approximate surface area is 526 Å². The number of pyridine rings is 4. The highest BCUT2D eigenvalue weighted by Gasteiger charge is 2.21. The van der Waals surface area contributed by atoms with Gasteiger partial charge in [-0.3, -0.25) is 0 Å². The lowest BCUT2D eigenvalue weighted by Crippen LogP contribution is -2.31. The van der Waals surface area contributed by atoms with Crippen LogP contribution >= 0.6 is 0 Å². The molecule has 0 fully saturated rings. The van der Waals surface area contributed by atoms with Crippen molar-refractivity contribution in [1.82, 2.24) is 0 Å². The van der Waals surface area contributed by atoms with E-state index in [4.69, 9.17) is 12.3 Å². The summed E-state index contributed by atoms with van der Waals surface area (Å²) in [6, 6.07) is 76.8. The van der Waals surface area contributed by atoms with Crippen LogP contribution < -0.4 is 18.3 Å². The molecule has 428 valence electrons. The van der Waals surface area contributed by atoms with Crippen molar-refractivity contribution in [2.45, 2.75) is 69.0 Å². The van der Waals surface area contributed by atoms with Gasteiger partial charge in [0.05, 0.1) is 0 Å². The van der Waals surface area contributed by atoms with Crippen LogP contribution in [0.25, 0.3) is 89.5 Å². The fourth-order valence-corrected chi connectivity index (χ4v) is 11.2. The van der Waals surface area contributed by atoms with Crippen LogP contribution in [-0.4, -0.2) is 0 Å². The Bertz CT molecular complexity index is 4660. The van der Waals surface area contributed by atoms with Crippen molar-refractivity contribution in [1.29, 1.82) is 0 Å². The maximum atomic E-state index is 8.01. The van der Waals surface area contributed by atoms with E-state index in [9.17, 15) is 0 Å². The van der Waals surface area contributed by atoms with Crippen LogP contribution in [0.5, 0.6) is 0 Å². The molecule has 12 aromatic rings. The van der Waals surface area contributed by atoms with E-state index >= 15 is 0 Å².